The van der Waals surface area contributed by atoms with Gasteiger partial charge in [0.15, 0.2) is 6.23 Å². The van der Waals surface area contributed by atoms with E-state index in [2.05, 4.69) is 43.3 Å². The molecule has 3 heterocycles. The summed E-state index contributed by atoms with van der Waals surface area (Å²) in [6.45, 7) is 8.38. The molecule has 13 heteroatoms. The molecule has 0 radical (unpaired) electrons. The summed E-state index contributed by atoms with van der Waals surface area (Å²) >= 11 is 0. The van der Waals surface area contributed by atoms with Gasteiger partial charge in [-0.3, -0.25) is 14.3 Å². The molecule has 202 valence electrons. The normalized spacial score (nSPS) is 30.0. The summed E-state index contributed by atoms with van der Waals surface area (Å²) in [6, 6.07) is 1.43. The third-order valence-corrected chi connectivity index (χ3v) is 10.3. The highest BCUT2D eigenvalue weighted by atomic mass is 33.1. The number of nitrogens with zero attached hydrogens (tertiary/aromatic N) is 2. The molecule has 2 aliphatic heterocycles. The molecule has 2 saturated heterocycles. The summed E-state index contributed by atoms with van der Waals surface area (Å²) < 4.78 is 42.6. The lowest BCUT2D eigenvalue weighted by atomic mass is 10.1. The monoisotopic (exact) mass is 562 g/mol. The van der Waals surface area contributed by atoms with Crippen molar-refractivity contribution in [2.45, 2.75) is 83.4 Å². The van der Waals surface area contributed by atoms with E-state index < -0.39 is 44.3 Å². The lowest BCUT2D eigenvalue weighted by Gasteiger charge is -2.41. The van der Waals surface area contributed by atoms with Gasteiger partial charge in [0.25, 0.3) is 14.1 Å². The quantitative estimate of drug-likeness (QED) is 0.246. The lowest BCUT2D eigenvalue weighted by molar-refractivity contribution is -0.0518. The van der Waals surface area contributed by atoms with Gasteiger partial charge in [0, 0.05) is 44.3 Å². The number of methoxy groups -OCH3 is 1. The highest BCUT2D eigenvalue weighted by Crippen LogP contribution is 2.52. The molecule has 0 amide bonds. The maximum Gasteiger partial charge on any atom is 0.330 e. The minimum Gasteiger partial charge on any atom is -0.374 e. The first-order valence-corrected chi connectivity index (χ1v) is 15.3. The zero-order valence-electron chi connectivity index (χ0n) is 22.2. The van der Waals surface area contributed by atoms with E-state index in [1.165, 1.54) is 23.9 Å². The summed E-state index contributed by atoms with van der Waals surface area (Å²) in [4.78, 5) is 26.3. The van der Waals surface area contributed by atoms with Crippen LogP contribution in [0.2, 0.25) is 0 Å². The SMILES string of the molecule is [2H]C[C@H]1O[C@@H](n2ccc(=O)[nH]c2=O)[C@@H](OC)C1OP(OC1CSSC[C@@H]1OCC#C)N(C(C)C)C(C)C. The number of rotatable bonds is 11. The van der Waals surface area contributed by atoms with Crippen molar-refractivity contribution < 1.29 is 24.6 Å². The van der Waals surface area contributed by atoms with Crippen LogP contribution < -0.4 is 11.2 Å². The van der Waals surface area contributed by atoms with Crippen molar-refractivity contribution in [2.75, 3.05) is 25.2 Å². The second-order valence-corrected chi connectivity index (χ2v) is 12.8. The second kappa shape index (κ2) is 13.8. The van der Waals surface area contributed by atoms with E-state index in [1.807, 2.05) is 0 Å². The first-order valence-electron chi connectivity index (χ1n) is 12.4. The van der Waals surface area contributed by atoms with E-state index in [1.54, 1.807) is 21.6 Å². The maximum atomic E-state index is 12.5. The standard InChI is InChI=1S/C23H36N3O7PS2/c1-8-11-30-17-12-35-36-13-18(17)32-34(26(14(2)3)15(4)5)33-20-16(6)31-22(21(20)29-7)25-10-9-19(27)24-23(25)28/h1,9-10,14-18,20-22H,11-13H2,2-7H3,(H,24,27,28)/t16-,17+,18?,20?,21+,22-,34?/m1/s1/i6D. The molecular formula is C23H36N3O7PS2. The predicted octanol–water partition coefficient (Wildman–Crippen LogP) is 3.00. The Morgan fingerprint density at radius 3 is 2.53 bits per heavy atom. The number of ether oxygens (including phenoxy) is 3. The van der Waals surface area contributed by atoms with Crippen LogP contribution in [0.1, 0.15) is 42.2 Å². The van der Waals surface area contributed by atoms with Crippen molar-refractivity contribution in [1.82, 2.24) is 14.2 Å². The number of aromatic nitrogens is 2. The van der Waals surface area contributed by atoms with Crippen LogP contribution >= 0.6 is 30.1 Å². The Balaban J connectivity index is 1.92. The third-order valence-electron chi connectivity index (χ3n) is 5.71. The molecule has 2 aliphatic rings. The summed E-state index contributed by atoms with van der Waals surface area (Å²) in [7, 11) is 3.29. The summed E-state index contributed by atoms with van der Waals surface area (Å²) in [5.74, 6) is 3.97. The van der Waals surface area contributed by atoms with E-state index in [4.69, 9.17) is 31.1 Å². The molecule has 1 aromatic heterocycles. The van der Waals surface area contributed by atoms with Gasteiger partial charge >= 0.3 is 5.69 Å². The topological polar surface area (TPSA) is 104 Å². The minimum atomic E-state index is -1.65. The summed E-state index contributed by atoms with van der Waals surface area (Å²) in [5.41, 5.74) is -1.14. The number of nitrogens with one attached hydrogen (secondary N) is 1. The van der Waals surface area contributed by atoms with Gasteiger partial charge in [-0.15, -0.1) is 6.42 Å². The zero-order valence-corrected chi connectivity index (χ0v) is 23.7. The number of hydrogen-bond acceptors (Lipinski definition) is 10. The van der Waals surface area contributed by atoms with Gasteiger partial charge in [-0.1, -0.05) is 27.5 Å². The largest absolute Gasteiger partial charge is 0.374 e. The lowest BCUT2D eigenvalue weighted by Crippen LogP contribution is -2.43. The predicted molar refractivity (Wildman–Crippen MR) is 144 cm³/mol. The highest BCUT2D eigenvalue weighted by molar-refractivity contribution is 8.76. The number of aromatic amines is 1. The van der Waals surface area contributed by atoms with E-state index in [9.17, 15) is 9.59 Å². The molecule has 0 aliphatic carbocycles. The van der Waals surface area contributed by atoms with Gasteiger partial charge in [-0.05, 0) is 34.6 Å². The van der Waals surface area contributed by atoms with Crippen LogP contribution in [0.5, 0.6) is 0 Å². The van der Waals surface area contributed by atoms with E-state index >= 15 is 0 Å². The van der Waals surface area contributed by atoms with Gasteiger partial charge in [0.1, 0.15) is 24.9 Å². The fourth-order valence-electron chi connectivity index (χ4n) is 4.12. The average Bonchev–Trinajstić information content (AvgIpc) is 3.19. The Hall–Kier alpha value is -0.870. The Morgan fingerprint density at radius 2 is 1.94 bits per heavy atom. The van der Waals surface area contributed by atoms with Crippen molar-refractivity contribution in [1.29, 1.82) is 0 Å². The molecule has 10 nitrogen and oxygen atoms in total. The molecule has 0 bridgehead atoms. The molecule has 36 heavy (non-hydrogen) atoms. The summed E-state index contributed by atoms with van der Waals surface area (Å²) in [6.07, 6.45) is 3.36. The van der Waals surface area contributed by atoms with Gasteiger partial charge in [-0.25, -0.2) is 9.46 Å². The summed E-state index contributed by atoms with van der Waals surface area (Å²) in [5, 5.41) is 0. The van der Waals surface area contributed by atoms with Crippen molar-refractivity contribution in [2.24, 2.45) is 0 Å². The van der Waals surface area contributed by atoms with Crippen LogP contribution in [0, 0.1) is 12.3 Å². The van der Waals surface area contributed by atoms with E-state index in [0.717, 1.165) is 5.75 Å². The molecule has 1 aromatic rings. The minimum absolute atomic E-state index is 0.0946. The fourth-order valence-corrected chi connectivity index (χ4v) is 8.58. The highest BCUT2D eigenvalue weighted by Gasteiger charge is 2.48. The Kier molecular flexibility index (Phi) is 10.8. The molecule has 7 atom stereocenters. The van der Waals surface area contributed by atoms with Crippen LogP contribution in [0.3, 0.4) is 0 Å². The average molecular weight is 563 g/mol. The van der Waals surface area contributed by atoms with Crippen molar-refractivity contribution in [3.05, 3.63) is 33.1 Å². The number of hydrogen-bond donors (Lipinski definition) is 1. The van der Waals surface area contributed by atoms with Crippen molar-refractivity contribution in [3.63, 3.8) is 0 Å². The first-order chi connectivity index (χ1) is 17.7. The zero-order chi connectivity index (χ0) is 27.1. The first kappa shape index (κ1) is 28.1. The molecule has 1 N–H and O–H groups in total. The van der Waals surface area contributed by atoms with Gasteiger partial charge in [0.05, 0.1) is 12.2 Å². The van der Waals surface area contributed by atoms with Crippen molar-refractivity contribution >= 4 is 30.1 Å². The number of H-pyrrole nitrogens is 1. The van der Waals surface area contributed by atoms with E-state index in [-0.39, 0.29) is 37.8 Å². The van der Waals surface area contributed by atoms with Crippen LogP contribution in [-0.4, -0.2) is 82.0 Å². The van der Waals surface area contributed by atoms with Gasteiger partial charge < -0.3 is 23.3 Å². The Bertz CT molecular complexity index is 1020. The Morgan fingerprint density at radius 1 is 1.25 bits per heavy atom. The van der Waals surface area contributed by atoms with Crippen molar-refractivity contribution in [3.8, 4) is 12.3 Å². The molecule has 3 unspecified atom stereocenters. The smallest absolute Gasteiger partial charge is 0.330 e. The van der Waals surface area contributed by atoms with Crippen LogP contribution in [0.15, 0.2) is 21.9 Å². The second-order valence-electron chi connectivity index (χ2n) is 8.92. The molecule has 2 fully saturated rings. The molecule has 0 saturated carbocycles. The van der Waals surface area contributed by atoms with Crippen LogP contribution in [0.4, 0.5) is 0 Å². The molecule has 0 aromatic carbocycles. The Labute approximate surface area is 222 Å². The van der Waals surface area contributed by atoms with Crippen LogP contribution in [-0.2, 0) is 23.3 Å². The van der Waals surface area contributed by atoms with E-state index in [0.29, 0.717) is 5.75 Å². The number of terminal acetylenes is 1. The molecule has 3 rings (SSSR count). The third kappa shape index (κ3) is 7.16. The molecular weight excluding hydrogens is 525 g/mol. The van der Waals surface area contributed by atoms with Gasteiger partial charge in [-0.2, -0.15) is 0 Å². The van der Waals surface area contributed by atoms with Gasteiger partial charge in [0.2, 0.25) is 0 Å². The maximum absolute atomic E-state index is 12.5. The fraction of sp³-hybridized carbons (Fsp3) is 0.739. The molecule has 0 spiro atoms. The van der Waals surface area contributed by atoms with Crippen LogP contribution in [0.25, 0.3) is 0 Å².